The first-order valence-electron chi connectivity index (χ1n) is 5.96. The van der Waals surface area contributed by atoms with Crippen molar-refractivity contribution in [1.82, 2.24) is 10.6 Å². The first-order valence-corrected chi connectivity index (χ1v) is 5.96. The fourth-order valence-electron chi connectivity index (χ4n) is 2.06. The fraction of sp³-hybridized carbons (Fsp3) is 0.462. The summed E-state index contributed by atoms with van der Waals surface area (Å²) in [6, 6.07) is 5.55. The summed E-state index contributed by atoms with van der Waals surface area (Å²) in [5.41, 5.74) is 0.959. The molecule has 0 saturated carbocycles. The van der Waals surface area contributed by atoms with Gasteiger partial charge in [-0.25, -0.2) is 0 Å². The molecule has 0 bridgehead atoms. The number of benzene rings is 1. The zero-order chi connectivity index (χ0) is 13.0. The summed E-state index contributed by atoms with van der Waals surface area (Å²) in [4.78, 5) is 11.6. The predicted molar refractivity (Wildman–Crippen MR) is 67.9 cm³/mol. The molecule has 1 amide bonds. The number of nitrogens with one attached hydrogen (secondary N) is 2. The number of hydrogen-bond acceptors (Lipinski definition) is 4. The third kappa shape index (κ3) is 2.73. The van der Waals surface area contributed by atoms with Crippen LogP contribution in [0, 0.1) is 0 Å². The van der Waals surface area contributed by atoms with Crippen molar-refractivity contribution in [2.24, 2.45) is 0 Å². The van der Waals surface area contributed by atoms with Crippen molar-refractivity contribution in [1.29, 1.82) is 0 Å². The highest BCUT2D eigenvalue weighted by Gasteiger charge is 2.21. The summed E-state index contributed by atoms with van der Waals surface area (Å²) < 4.78 is 10.5. The molecule has 98 valence electrons. The molecule has 0 aromatic heterocycles. The van der Waals surface area contributed by atoms with E-state index in [1.807, 2.05) is 18.2 Å². The summed E-state index contributed by atoms with van der Waals surface area (Å²) in [6.45, 7) is 1.41. The first-order chi connectivity index (χ1) is 8.74. The van der Waals surface area contributed by atoms with Crippen LogP contribution in [0.2, 0.25) is 0 Å². The number of rotatable bonds is 3. The zero-order valence-corrected chi connectivity index (χ0v) is 10.7. The van der Waals surface area contributed by atoms with E-state index in [2.05, 4.69) is 10.6 Å². The van der Waals surface area contributed by atoms with E-state index in [4.69, 9.17) is 9.47 Å². The highest BCUT2D eigenvalue weighted by molar-refractivity contribution is 5.77. The van der Waals surface area contributed by atoms with Crippen molar-refractivity contribution in [2.45, 2.75) is 12.5 Å². The number of ether oxygens (including phenoxy) is 2. The topological polar surface area (TPSA) is 59.6 Å². The van der Waals surface area contributed by atoms with E-state index in [-0.39, 0.29) is 11.9 Å². The van der Waals surface area contributed by atoms with Crippen LogP contribution in [0.4, 0.5) is 0 Å². The van der Waals surface area contributed by atoms with Crippen molar-refractivity contribution in [3.63, 3.8) is 0 Å². The summed E-state index contributed by atoms with van der Waals surface area (Å²) in [5, 5.41) is 6.22. The van der Waals surface area contributed by atoms with Gasteiger partial charge < -0.3 is 20.1 Å². The Balaban J connectivity index is 2.27. The lowest BCUT2D eigenvalue weighted by Gasteiger charge is -2.19. The van der Waals surface area contributed by atoms with Crippen LogP contribution in [-0.4, -0.2) is 33.2 Å². The maximum atomic E-state index is 11.6. The maximum Gasteiger partial charge on any atom is 0.221 e. The van der Waals surface area contributed by atoms with Gasteiger partial charge in [0.15, 0.2) is 0 Å². The molecule has 1 fully saturated rings. The molecular formula is C13H18N2O3. The Morgan fingerprint density at radius 2 is 2.11 bits per heavy atom. The Kier molecular flexibility index (Phi) is 4.04. The van der Waals surface area contributed by atoms with E-state index in [0.29, 0.717) is 19.5 Å². The summed E-state index contributed by atoms with van der Waals surface area (Å²) >= 11 is 0. The van der Waals surface area contributed by atoms with Gasteiger partial charge in [-0.05, 0) is 12.1 Å². The van der Waals surface area contributed by atoms with Crippen molar-refractivity contribution in [3.05, 3.63) is 23.8 Å². The third-order valence-corrected chi connectivity index (χ3v) is 3.03. The molecule has 1 aliphatic rings. The molecule has 1 heterocycles. The highest BCUT2D eigenvalue weighted by Crippen LogP contribution is 2.29. The molecule has 2 rings (SSSR count). The van der Waals surface area contributed by atoms with Gasteiger partial charge in [0, 0.05) is 31.1 Å². The van der Waals surface area contributed by atoms with Gasteiger partial charge in [0.05, 0.1) is 20.3 Å². The maximum absolute atomic E-state index is 11.6. The lowest BCUT2D eigenvalue weighted by atomic mass is 10.1. The third-order valence-electron chi connectivity index (χ3n) is 3.03. The average Bonchev–Trinajstić information content (AvgIpc) is 2.62. The molecule has 5 nitrogen and oxygen atoms in total. The van der Waals surface area contributed by atoms with E-state index < -0.39 is 0 Å². The van der Waals surface area contributed by atoms with E-state index >= 15 is 0 Å². The summed E-state index contributed by atoms with van der Waals surface area (Å²) in [6.07, 6.45) is 0.509. The number of carbonyl (C=O) groups is 1. The quantitative estimate of drug-likeness (QED) is 0.835. The second kappa shape index (κ2) is 5.73. The number of hydrogen-bond donors (Lipinski definition) is 2. The minimum absolute atomic E-state index is 0.0582. The lowest BCUT2D eigenvalue weighted by Crippen LogP contribution is -2.30. The fourth-order valence-corrected chi connectivity index (χ4v) is 2.06. The van der Waals surface area contributed by atoms with Crippen molar-refractivity contribution < 1.29 is 14.3 Å². The molecule has 1 aliphatic heterocycles. The Morgan fingerprint density at radius 1 is 1.28 bits per heavy atom. The average molecular weight is 250 g/mol. The molecule has 1 aromatic rings. The molecule has 1 atom stereocenters. The highest BCUT2D eigenvalue weighted by atomic mass is 16.5. The van der Waals surface area contributed by atoms with E-state index in [9.17, 15) is 4.79 Å². The molecule has 0 aliphatic carbocycles. The molecule has 18 heavy (non-hydrogen) atoms. The Hall–Kier alpha value is -1.75. The van der Waals surface area contributed by atoms with Gasteiger partial charge in [0.25, 0.3) is 0 Å². The van der Waals surface area contributed by atoms with Crippen LogP contribution >= 0.6 is 0 Å². The minimum Gasteiger partial charge on any atom is -0.497 e. The molecule has 1 unspecified atom stereocenters. The van der Waals surface area contributed by atoms with Crippen molar-refractivity contribution in [3.8, 4) is 11.5 Å². The lowest BCUT2D eigenvalue weighted by molar-refractivity contribution is -0.121. The van der Waals surface area contributed by atoms with E-state index in [1.54, 1.807) is 14.2 Å². The van der Waals surface area contributed by atoms with Crippen molar-refractivity contribution in [2.75, 3.05) is 27.3 Å². The van der Waals surface area contributed by atoms with Crippen LogP contribution in [-0.2, 0) is 4.79 Å². The smallest absolute Gasteiger partial charge is 0.221 e. The molecule has 1 aromatic carbocycles. The Morgan fingerprint density at radius 3 is 2.83 bits per heavy atom. The van der Waals surface area contributed by atoms with Gasteiger partial charge in [-0.2, -0.15) is 0 Å². The van der Waals surface area contributed by atoms with Crippen molar-refractivity contribution >= 4 is 5.91 Å². The van der Waals surface area contributed by atoms with E-state index in [1.165, 1.54) is 0 Å². The molecule has 1 saturated heterocycles. The van der Waals surface area contributed by atoms with Crippen LogP contribution in [0.25, 0.3) is 0 Å². The van der Waals surface area contributed by atoms with Crippen LogP contribution in [0.15, 0.2) is 18.2 Å². The monoisotopic (exact) mass is 250 g/mol. The summed E-state index contributed by atoms with van der Waals surface area (Å²) in [7, 11) is 3.23. The van der Waals surface area contributed by atoms with Gasteiger partial charge in [0.2, 0.25) is 5.91 Å². The van der Waals surface area contributed by atoms with Crippen LogP contribution in [0.5, 0.6) is 11.5 Å². The van der Waals surface area contributed by atoms with Crippen LogP contribution < -0.4 is 20.1 Å². The standard InChI is InChI=1S/C13H18N2O3/c1-17-9-3-4-10(12(7-9)18-2)11-8-14-6-5-13(16)15-11/h3-4,7,11,14H,5-6,8H2,1-2H3,(H,15,16). The zero-order valence-electron chi connectivity index (χ0n) is 10.7. The first kappa shape index (κ1) is 12.7. The van der Waals surface area contributed by atoms with Gasteiger partial charge in [-0.15, -0.1) is 0 Å². The molecule has 5 heteroatoms. The minimum atomic E-state index is -0.0687. The number of methoxy groups -OCH3 is 2. The molecule has 0 spiro atoms. The summed E-state index contributed by atoms with van der Waals surface area (Å²) in [5.74, 6) is 1.52. The predicted octanol–water partition coefficient (Wildman–Crippen LogP) is 0.854. The molecular weight excluding hydrogens is 232 g/mol. The largest absolute Gasteiger partial charge is 0.497 e. The van der Waals surface area contributed by atoms with Gasteiger partial charge in [-0.1, -0.05) is 0 Å². The second-order valence-electron chi connectivity index (χ2n) is 4.18. The second-order valence-corrected chi connectivity index (χ2v) is 4.18. The van der Waals surface area contributed by atoms with E-state index in [0.717, 1.165) is 17.1 Å². The number of amides is 1. The molecule has 2 N–H and O–H groups in total. The normalized spacial score (nSPS) is 19.9. The Bertz CT molecular complexity index is 434. The van der Waals surface area contributed by atoms with Gasteiger partial charge in [-0.3, -0.25) is 4.79 Å². The van der Waals surface area contributed by atoms with Crippen LogP contribution in [0.3, 0.4) is 0 Å². The van der Waals surface area contributed by atoms with Crippen LogP contribution in [0.1, 0.15) is 18.0 Å². The van der Waals surface area contributed by atoms with Gasteiger partial charge in [0.1, 0.15) is 11.5 Å². The number of carbonyl (C=O) groups excluding carboxylic acids is 1. The van der Waals surface area contributed by atoms with Gasteiger partial charge >= 0.3 is 0 Å². The Labute approximate surface area is 106 Å². The SMILES string of the molecule is COc1ccc(C2CNCCC(=O)N2)c(OC)c1. The molecule has 0 radical (unpaired) electrons.